The van der Waals surface area contributed by atoms with Gasteiger partial charge in [-0.05, 0) is 18.9 Å². The summed E-state index contributed by atoms with van der Waals surface area (Å²) in [4.78, 5) is 24.3. The van der Waals surface area contributed by atoms with Crippen LogP contribution in [0, 0.1) is 5.92 Å². The van der Waals surface area contributed by atoms with E-state index in [0.717, 1.165) is 0 Å². The van der Waals surface area contributed by atoms with E-state index in [4.69, 9.17) is 27.9 Å². The van der Waals surface area contributed by atoms with Gasteiger partial charge in [0, 0.05) is 11.3 Å². The summed E-state index contributed by atoms with van der Waals surface area (Å²) in [5.41, 5.74) is 0.453. The standard InChI is InChI=1S/C16H18Cl2N2O5/c1-6(2)5-25-15(23)10-7(3)19-16(24)20-12(10)8-4-9(17)14(22)11(18)13(8)21/h4,6,12,21-22H,5H2,1-3H3,(H2,19,20,24). The van der Waals surface area contributed by atoms with Gasteiger partial charge >= 0.3 is 12.0 Å². The Morgan fingerprint density at radius 1 is 1.32 bits per heavy atom. The number of rotatable bonds is 4. The maximum Gasteiger partial charge on any atom is 0.338 e. The zero-order valence-corrected chi connectivity index (χ0v) is 15.3. The molecule has 1 aromatic rings. The summed E-state index contributed by atoms with van der Waals surface area (Å²) in [6, 6.07) is -0.371. The molecule has 2 amide bonds. The average molecular weight is 389 g/mol. The number of halogens is 2. The Balaban J connectivity index is 2.52. The number of phenols is 2. The van der Waals surface area contributed by atoms with Crippen molar-refractivity contribution < 1.29 is 24.5 Å². The summed E-state index contributed by atoms with van der Waals surface area (Å²) in [7, 11) is 0. The lowest BCUT2D eigenvalue weighted by atomic mass is 9.94. The van der Waals surface area contributed by atoms with Crippen LogP contribution in [0.15, 0.2) is 17.3 Å². The molecule has 0 fully saturated rings. The van der Waals surface area contributed by atoms with E-state index in [1.165, 1.54) is 6.07 Å². The number of amides is 2. The van der Waals surface area contributed by atoms with Crippen molar-refractivity contribution in [2.24, 2.45) is 5.92 Å². The van der Waals surface area contributed by atoms with E-state index >= 15 is 0 Å². The number of hydrogen-bond donors (Lipinski definition) is 4. The van der Waals surface area contributed by atoms with E-state index in [1.807, 2.05) is 13.8 Å². The molecule has 1 aliphatic heterocycles. The molecule has 1 unspecified atom stereocenters. The molecule has 0 saturated carbocycles. The van der Waals surface area contributed by atoms with E-state index in [1.54, 1.807) is 6.92 Å². The number of nitrogens with one attached hydrogen (secondary N) is 2. The van der Waals surface area contributed by atoms with Crippen LogP contribution in [0.1, 0.15) is 32.4 Å². The van der Waals surface area contributed by atoms with Crippen molar-refractivity contribution in [1.29, 1.82) is 0 Å². The fourth-order valence-corrected chi connectivity index (χ4v) is 2.83. The highest BCUT2D eigenvalue weighted by Crippen LogP contribution is 2.45. The molecule has 1 heterocycles. The number of benzene rings is 1. The first kappa shape index (κ1) is 19.2. The summed E-state index contributed by atoms with van der Waals surface area (Å²) >= 11 is 11.8. The lowest BCUT2D eigenvalue weighted by Gasteiger charge is -2.29. The number of carbonyl (C=O) groups excluding carboxylic acids is 2. The molecule has 2 rings (SSSR count). The van der Waals surface area contributed by atoms with Gasteiger partial charge in [-0.2, -0.15) is 0 Å². The zero-order valence-electron chi connectivity index (χ0n) is 13.8. The molecule has 4 N–H and O–H groups in total. The average Bonchev–Trinajstić information content (AvgIpc) is 2.53. The van der Waals surface area contributed by atoms with E-state index in [9.17, 15) is 19.8 Å². The second kappa shape index (κ2) is 7.41. The van der Waals surface area contributed by atoms with E-state index < -0.39 is 29.5 Å². The number of ether oxygens (including phenoxy) is 1. The van der Waals surface area contributed by atoms with Crippen LogP contribution in [-0.4, -0.2) is 28.8 Å². The molecule has 0 spiro atoms. The quantitative estimate of drug-likeness (QED) is 0.592. The molecule has 0 aliphatic carbocycles. The largest absolute Gasteiger partial charge is 0.506 e. The van der Waals surface area contributed by atoms with Crippen LogP contribution in [0.3, 0.4) is 0 Å². The number of allylic oxidation sites excluding steroid dienone is 1. The van der Waals surface area contributed by atoms with Gasteiger partial charge in [0.15, 0.2) is 5.75 Å². The second-order valence-electron chi connectivity index (χ2n) is 6.02. The SMILES string of the molecule is CC1=C(C(=O)OCC(C)C)C(c2cc(Cl)c(O)c(Cl)c2O)NC(=O)N1. The Labute approximate surface area is 154 Å². The number of aromatic hydroxyl groups is 2. The second-order valence-corrected chi connectivity index (χ2v) is 6.81. The minimum absolute atomic E-state index is 0.0681. The number of esters is 1. The summed E-state index contributed by atoms with van der Waals surface area (Å²) in [6.45, 7) is 5.51. The van der Waals surface area contributed by atoms with E-state index in [0.29, 0.717) is 0 Å². The maximum atomic E-state index is 12.5. The Bertz CT molecular complexity index is 761. The van der Waals surface area contributed by atoms with Crippen molar-refractivity contribution in [3.63, 3.8) is 0 Å². The highest BCUT2D eigenvalue weighted by Gasteiger charge is 2.35. The Kier molecular flexibility index (Phi) is 5.69. The maximum absolute atomic E-state index is 12.5. The lowest BCUT2D eigenvalue weighted by Crippen LogP contribution is -2.45. The lowest BCUT2D eigenvalue weighted by molar-refractivity contribution is -0.140. The summed E-state index contributed by atoms with van der Waals surface area (Å²) in [5, 5.41) is 24.5. The first-order chi connectivity index (χ1) is 11.6. The van der Waals surface area contributed by atoms with Gasteiger partial charge in [-0.1, -0.05) is 37.0 Å². The number of carbonyl (C=O) groups is 2. The van der Waals surface area contributed by atoms with Gasteiger partial charge in [0.2, 0.25) is 0 Å². The molecule has 0 aromatic heterocycles. The Morgan fingerprint density at radius 3 is 2.56 bits per heavy atom. The van der Waals surface area contributed by atoms with Crippen LogP contribution in [0.2, 0.25) is 10.0 Å². The van der Waals surface area contributed by atoms with Crippen molar-refractivity contribution in [3.05, 3.63) is 32.9 Å². The normalized spacial score (nSPS) is 17.4. The summed E-state index contributed by atoms with van der Waals surface area (Å²) < 4.78 is 5.24. The molecular formula is C16H18Cl2N2O5. The van der Waals surface area contributed by atoms with Crippen LogP contribution in [-0.2, 0) is 9.53 Å². The molecule has 25 heavy (non-hydrogen) atoms. The van der Waals surface area contributed by atoms with Crippen molar-refractivity contribution in [2.75, 3.05) is 6.61 Å². The van der Waals surface area contributed by atoms with Crippen LogP contribution in [0.25, 0.3) is 0 Å². The van der Waals surface area contributed by atoms with Crippen LogP contribution >= 0.6 is 23.2 Å². The number of phenolic OH excluding ortho intramolecular Hbond substituents is 2. The fraction of sp³-hybridized carbons (Fsp3) is 0.375. The van der Waals surface area contributed by atoms with Gasteiger partial charge < -0.3 is 25.6 Å². The van der Waals surface area contributed by atoms with Gasteiger partial charge in [0.05, 0.1) is 23.2 Å². The monoisotopic (exact) mass is 388 g/mol. The molecule has 0 radical (unpaired) electrons. The van der Waals surface area contributed by atoms with Crippen molar-refractivity contribution in [1.82, 2.24) is 10.6 Å². The third-order valence-corrected chi connectivity index (χ3v) is 4.19. The summed E-state index contributed by atoms with van der Waals surface area (Å²) in [5.74, 6) is -1.50. The first-order valence-electron chi connectivity index (χ1n) is 7.48. The van der Waals surface area contributed by atoms with Gasteiger partial charge in [0.1, 0.15) is 10.8 Å². The Hall–Kier alpha value is -2.12. The zero-order chi connectivity index (χ0) is 18.9. The number of urea groups is 1. The summed E-state index contributed by atoms with van der Waals surface area (Å²) in [6.07, 6.45) is 0. The third-order valence-electron chi connectivity index (χ3n) is 3.55. The van der Waals surface area contributed by atoms with Gasteiger partial charge in [-0.25, -0.2) is 9.59 Å². The molecule has 0 saturated heterocycles. The van der Waals surface area contributed by atoms with E-state index in [2.05, 4.69) is 10.6 Å². The van der Waals surface area contributed by atoms with Crippen LogP contribution in [0.4, 0.5) is 4.79 Å². The highest BCUT2D eigenvalue weighted by atomic mass is 35.5. The van der Waals surface area contributed by atoms with Gasteiger partial charge in [-0.3, -0.25) is 0 Å². The molecular weight excluding hydrogens is 371 g/mol. The van der Waals surface area contributed by atoms with Crippen molar-refractivity contribution >= 4 is 35.2 Å². The predicted molar refractivity (Wildman–Crippen MR) is 92.7 cm³/mol. The Morgan fingerprint density at radius 2 is 1.96 bits per heavy atom. The van der Waals surface area contributed by atoms with Gasteiger partial charge in [0.25, 0.3) is 0 Å². The fourth-order valence-electron chi connectivity index (χ4n) is 2.35. The molecule has 1 aromatic carbocycles. The highest BCUT2D eigenvalue weighted by molar-refractivity contribution is 6.38. The molecule has 7 nitrogen and oxygen atoms in total. The smallest absolute Gasteiger partial charge is 0.338 e. The van der Waals surface area contributed by atoms with Crippen molar-refractivity contribution in [2.45, 2.75) is 26.8 Å². The molecule has 1 aliphatic rings. The third kappa shape index (κ3) is 3.93. The predicted octanol–water partition coefficient (Wildman–Crippen LogP) is 3.23. The minimum atomic E-state index is -1.04. The molecule has 136 valence electrons. The van der Waals surface area contributed by atoms with Crippen molar-refractivity contribution in [3.8, 4) is 11.5 Å². The minimum Gasteiger partial charge on any atom is -0.506 e. The molecule has 0 bridgehead atoms. The number of hydrogen-bond acceptors (Lipinski definition) is 5. The van der Waals surface area contributed by atoms with Gasteiger partial charge in [-0.15, -0.1) is 0 Å². The molecule has 1 atom stereocenters. The topological polar surface area (TPSA) is 108 Å². The van der Waals surface area contributed by atoms with Crippen LogP contribution in [0.5, 0.6) is 11.5 Å². The van der Waals surface area contributed by atoms with E-state index in [-0.39, 0.29) is 39.4 Å². The first-order valence-corrected chi connectivity index (χ1v) is 8.24. The molecule has 9 heteroatoms. The van der Waals surface area contributed by atoms with Crippen LogP contribution < -0.4 is 10.6 Å².